The van der Waals surface area contributed by atoms with Gasteiger partial charge in [-0.05, 0) is 62.1 Å². The molecule has 1 fully saturated rings. The van der Waals surface area contributed by atoms with Crippen molar-refractivity contribution in [3.8, 4) is 0 Å². The molecule has 1 aliphatic heterocycles. The summed E-state index contributed by atoms with van der Waals surface area (Å²) in [4.78, 5) is 2.36. The highest BCUT2D eigenvalue weighted by Gasteiger charge is 2.17. The molecule has 1 saturated heterocycles. The molecule has 2 N–H and O–H groups in total. The molecule has 0 amide bonds. The lowest BCUT2D eigenvalue weighted by molar-refractivity contribution is 0.145. The molecule has 0 radical (unpaired) electrons. The van der Waals surface area contributed by atoms with E-state index in [4.69, 9.17) is 0 Å². The first-order valence-corrected chi connectivity index (χ1v) is 8.48. The van der Waals surface area contributed by atoms with Crippen LogP contribution in [0.15, 0.2) is 48.5 Å². The summed E-state index contributed by atoms with van der Waals surface area (Å²) in [6.45, 7) is 6.18. The second-order valence-corrected chi connectivity index (χ2v) is 6.55. The fourth-order valence-electron chi connectivity index (χ4n) is 3.17. The van der Waals surface area contributed by atoms with Crippen LogP contribution in [-0.4, -0.2) is 24.3 Å². The van der Waals surface area contributed by atoms with Crippen LogP contribution >= 0.6 is 0 Å². The van der Waals surface area contributed by atoms with Crippen LogP contribution in [0.1, 0.15) is 36.9 Å². The fraction of sp³-hybridized carbons (Fsp3) is 0.400. The van der Waals surface area contributed by atoms with E-state index in [0.717, 1.165) is 31.6 Å². The Morgan fingerprint density at radius 1 is 1.09 bits per heavy atom. The minimum Gasteiger partial charge on any atom is -0.393 e. The Kier molecular flexibility index (Phi) is 4.87. The van der Waals surface area contributed by atoms with Crippen LogP contribution in [0.5, 0.6) is 0 Å². The highest BCUT2D eigenvalue weighted by Crippen LogP contribution is 2.24. The standard InChI is InChI=1S/C20H26N2O/c1-15-4-3-5-18(14-15)21-16(2)17-6-8-19(9-7-17)22-12-10-20(23)11-13-22/h3-9,14,16,20-21,23H,10-13H2,1-2H3. The Hall–Kier alpha value is -2.00. The van der Waals surface area contributed by atoms with Crippen molar-refractivity contribution in [3.63, 3.8) is 0 Å². The van der Waals surface area contributed by atoms with Crippen LogP contribution in [0.25, 0.3) is 0 Å². The van der Waals surface area contributed by atoms with Gasteiger partial charge in [0.2, 0.25) is 0 Å². The Morgan fingerprint density at radius 3 is 2.43 bits per heavy atom. The van der Waals surface area contributed by atoms with Crippen molar-refractivity contribution in [2.24, 2.45) is 0 Å². The maximum Gasteiger partial charge on any atom is 0.0574 e. The summed E-state index contributed by atoms with van der Waals surface area (Å²) in [5.41, 5.74) is 4.96. The van der Waals surface area contributed by atoms with Crippen molar-refractivity contribution in [2.75, 3.05) is 23.3 Å². The zero-order valence-corrected chi connectivity index (χ0v) is 14.0. The maximum absolute atomic E-state index is 9.62. The lowest BCUT2D eigenvalue weighted by Gasteiger charge is -2.31. The van der Waals surface area contributed by atoms with Gasteiger partial charge in [0.05, 0.1) is 6.10 Å². The Bertz CT molecular complexity index is 630. The first kappa shape index (κ1) is 15.9. The van der Waals surface area contributed by atoms with Gasteiger partial charge in [-0.25, -0.2) is 0 Å². The highest BCUT2D eigenvalue weighted by molar-refractivity contribution is 5.51. The quantitative estimate of drug-likeness (QED) is 0.891. The summed E-state index contributed by atoms with van der Waals surface area (Å²) < 4.78 is 0. The average Bonchev–Trinajstić information content (AvgIpc) is 2.56. The van der Waals surface area contributed by atoms with Gasteiger partial charge in [-0.2, -0.15) is 0 Å². The lowest BCUT2D eigenvalue weighted by Crippen LogP contribution is -2.35. The molecule has 0 aliphatic carbocycles. The summed E-state index contributed by atoms with van der Waals surface area (Å²) in [5.74, 6) is 0. The molecule has 1 unspecified atom stereocenters. The molecule has 3 heteroatoms. The summed E-state index contributed by atoms with van der Waals surface area (Å²) in [7, 11) is 0. The molecule has 2 aromatic carbocycles. The molecule has 122 valence electrons. The van der Waals surface area contributed by atoms with E-state index >= 15 is 0 Å². The van der Waals surface area contributed by atoms with Crippen LogP contribution in [0.3, 0.4) is 0 Å². The van der Waals surface area contributed by atoms with Gasteiger partial charge in [-0.1, -0.05) is 24.3 Å². The van der Waals surface area contributed by atoms with Gasteiger partial charge in [0.25, 0.3) is 0 Å². The van der Waals surface area contributed by atoms with E-state index in [1.807, 2.05) is 0 Å². The number of aliphatic hydroxyl groups is 1. The Morgan fingerprint density at radius 2 is 1.78 bits per heavy atom. The molecule has 1 atom stereocenters. The van der Waals surface area contributed by atoms with Crippen molar-refractivity contribution >= 4 is 11.4 Å². The largest absolute Gasteiger partial charge is 0.393 e. The number of benzene rings is 2. The third-order valence-electron chi connectivity index (χ3n) is 4.62. The van der Waals surface area contributed by atoms with Crippen LogP contribution in [0.4, 0.5) is 11.4 Å². The van der Waals surface area contributed by atoms with E-state index in [2.05, 4.69) is 72.6 Å². The molecule has 0 spiro atoms. The van der Waals surface area contributed by atoms with E-state index in [0.29, 0.717) is 0 Å². The van der Waals surface area contributed by atoms with Gasteiger partial charge in [-0.15, -0.1) is 0 Å². The number of hydrogen-bond acceptors (Lipinski definition) is 3. The molecule has 3 rings (SSSR count). The molecule has 0 aromatic heterocycles. The molecule has 0 bridgehead atoms. The van der Waals surface area contributed by atoms with Crippen LogP contribution in [0.2, 0.25) is 0 Å². The van der Waals surface area contributed by atoms with Crippen molar-refractivity contribution in [1.82, 2.24) is 0 Å². The summed E-state index contributed by atoms with van der Waals surface area (Å²) >= 11 is 0. The monoisotopic (exact) mass is 310 g/mol. The topological polar surface area (TPSA) is 35.5 Å². The number of aliphatic hydroxyl groups excluding tert-OH is 1. The molecule has 23 heavy (non-hydrogen) atoms. The fourth-order valence-corrected chi connectivity index (χ4v) is 3.17. The number of aryl methyl sites for hydroxylation is 1. The van der Waals surface area contributed by atoms with Crippen molar-refractivity contribution in [2.45, 2.75) is 38.8 Å². The second-order valence-electron chi connectivity index (χ2n) is 6.55. The van der Waals surface area contributed by atoms with Gasteiger partial charge in [0, 0.05) is 30.5 Å². The SMILES string of the molecule is Cc1cccc(NC(C)c2ccc(N3CCC(O)CC3)cc2)c1. The Labute approximate surface area is 139 Å². The molecule has 3 nitrogen and oxygen atoms in total. The summed E-state index contributed by atoms with van der Waals surface area (Å²) in [6.07, 6.45) is 1.62. The second kappa shape index (κ2) is 7.05. The van der Waals surface area contributed by atoms with Crippen LogP contribution < -0.4 is 10.2 Å². The van der Waals surface area contributed by atoms with Crippen LogP contribution in [-0.2, 0) is 0 Å². The minimum absolute atomic E-state index is 0.121. The van der Waals surface area contributed by atoms with Gasteiger partial charge in [0.1, 0.15) is 0 Å². The van der Waals surface area contributed by atoms with E-state index < -0.39 is 0 Å². The number of piperidine rings is 1. The first-order valence-electron chi connectivity index (χ1n) is 8.48. The number of rotatable bonds is 4. The zero-order chi connectivity index (χ0) is 16.2. The van der Waals surface area contributed by atoms with Gasteiger partial charge >= 0.3 is 0 Å². The number of nitrogens with one attached hydrogen (secondary N) is 1. The average molecular weight is 310 g/mol. The van der Waals surface area contributed by atoms with Crippen LogP contribution in [0, 0.1) is 6.92 Å². The van der Waals surface area contributed by atoms with Crippen molar-refractivity contribution < 1.29 is 5.11 Å². The smallest absolute Gasteiger partial charge is 0.0574 e. The predicted octanol–water partition coefficient (Wildman–Crippen LogP) is 4.13. The van der Waals surface area contributed by atoms with Gasteiger partial charge in [-0.3, -0.25) is 0 Å². The normalized spacial score (nSPS) is 17.1. The zero-order valence-electron chi connectivity index (χ0n) is 14.0. The summed E-state index contributed by atoms with van der Waals surface area (Å²) in [6, 6.07) is 17.5. The molecular formula is C20H26N2O. The van der Waals surface area contributed by atoms with E-state index in [1.165, 1.54) is 16.8 Å². The van der Waals surface area contributed by atoms with Crippen molar-refractivity contribution in [3.05, 3.63) is 59.7 Å². The molecule has 1 aliphatic rings. The minimum atomic E-state index is -0.121. The Balaban J connectivity index is 1.64. The highest BCUT2D eigenvalue weighted by atomic mass is 16.3. The number of hydrogen-bond donors (Lipinski definition) is 2. The van der Waals surface area contributed by atoms with E-state index in [1.54, 1.807) is 0 Å². The third-order valence-corrected chi connectivity index (χ3v) is 4.62. The lowest BCUT2D eigenvalue weighted by atomic mass is 10.0. The maximum atomic E-state index is 9.62. The molecule has 0 saturated carbocycles. The predicted molar refractivity (Wildman–Crippen MR) is 97.1 cm³/mol. The van der Waals surface area contributed by atoms with Gasteiger partial charge < -0.3 is 15.3 Å². The molecule has 1 heterocycles. The molecule has 2 aromatic rings. The molecular weight excluding hydrogens is 284 g/mol. The number of anilines is 2. The van der Waals surface area contributed by atoms with Crippen molar-refractivity contribution in [1.29, 1.82) is 0 Å². The third kappa shape index (κ3) is 4.05. The first-order chi connectivity index (χ1) is 11.1. The number of nitrogens with zero attached hydrogens (tertiary/aromatic N) is 1. The van der Waals surface area contributed by atoms with E-state index in [9.17, 15) is 5.11 Å². The van der Waals surface area contributed by atoms with E-state index in [-0.39, 0.29) is 12.1 Å². The van der Waals surface area contributed by atoms with Gasteiger partial charge in [0.15, 0.2) is 0 Å². The summed E-state index contributed by atoms with van der Waals surface area (Å²) in [5, 5.41) is 13.2.